The Hall–Kier alpha value is -0.570. The zero-order valence-corrected chi connectivity index (χ0v) is 9.17. The summed E-state index contributed by atoms with van der Waals surface area (Å²) in [4.78, 5) is 13.7. The Bertz CT molecular complexity index is 182. The number of nitrogens with zero attached hydrogens (tertiary/aromatic N) is 1. The van der Waals surface area contributed by atoms with E-state index in [-0.39, 0.29) is 0 Å². The molecule has 1 saturated heterocycles. The fourth-order valence-electron chi connectivity index (χ4n) is 2.04. The molecule has 3 heteroatoms. The molecule has 1 aliphatic heterocycles. The van der Waals surface area contributed by atoms with Crippen molar-refractivity contribution in [2.24, 2.45) is 11.7 Å². The molecule has 1 amide bonds. The lowest BCUT2D eigenvalue weighted by molar-refractivity contribution is -0.133. The largest absolute Gasteiger partial charge is 0.342 e. The summed E-state index contributed by atoms with van der Waals surface area (Å²) < 4.78 is 0. The van der Waals surface area contributed by atoms with Gasteiger partial charge in [-0.1, -0.05) is 13.3 Å². The highest BCUT2D eigenvalue weighted by atomic mass is 16.2. The molecule has 0 spiro atoms. The van der Waals surface area contributed by atoms with E-state index in [4.69, 9.17) is 5.73 Å². The van der Waals surface area contributed by atoms with Crippen molar-refractivity contribution < 1.29 is 4.79 Å². The molecule has 14 heavy (non-hydrogen) atoms. The van der Waals surface area contributed by atoms with E-state index in [0.29, 0.717) is 18.9 Å². The van der Waals surface area contributed by atoms with Gasteiger partial charge >= 0.3 is 0 Å². The molecule has 0 aromatic carbocycles. The number of hydrogen-bond acceptors (Lipinski definition) is 2. The van der Waals surface area contributed by atoms with Gasteiger partial charge in [0.25, 0.3) is 0 Å². The maximum absolute atomic E-state index is 11.7. The SMILES string of the molecule is CCC1CCCN(C(=O)CCCN)C1. The average molecular weight is 198 g/mol. The number of hydrogen-bond donors (Lipinski definition) is 1. The van der Waals surface area contributed by atoms with Crippen molar-refractivity contribution in [3.63, 3.8) is 0 Å². The molecule has 0 radical (unpaired) electrons. The Morgan fingerprint density at radius 1 is 1.57 bits per heavy atom. The minimum absolute atomic E-state index is 0.300. The monoisotopic (exact) mass is 198 g/mol. The number of rotatable bonds is 4. The summed E-state index contributed by atoms with van der Waals surface area (Å²) in [6.07, 6.45) is 5.11. The molecule has 3 nitrogen and oxygen atoms in total. The van der Waals surface area contributed by atoms with Gasteiger partial charge in [0.15, 0.2) is 0 Å². The predicted molar refractivity (Wildman–Crippen MR) is 57.9 cm³/mol. The first kappa shape index (κ1) is 11.5. The van der Waals surface area contributed by atoms with Gasteiger partial charge in [-0.3, -0.25) is 4.79 Å². The van der Waals surface area contributed by atoms with Gasteiger partial charge < -0.3 is 10.6 Å². The van der Waals surface area contributed by atoms with E-state index in [2.05, 4.69) is 6.92 Å². The van der Waals surface area contributed by atoms with Crippen LogP contribution in [0.5, 0.6) is 0 Å². The Balaban J connectivity index is 2.31. The molecule has 0 saturated carbocycles. The highest BCUT2D eigenvalue weighted by Gasteiger charge is 2.21. The van der Waals surface area contributed by atoms with Gasteiger partial charge in [0, 0.05) is 19.5 Å². The van der Waals surface area contributed by atoms with E-state index in [1.165, 1.54) is 19.3 Å². The summed E-state index contributed by atoms with van der Waals surface area (Å²) in [6.45, 7) is 4.76. The quantitative estimate of drug-likeness (QED) is 0.741. The van der Waals surface area contributed by atoms with Crippen LogP contribution in [-0.4, -0.2) is 30.4 Å². The summed E-state index contributed by atoms with van der Waals surface area (Å²) in [5.41, 5.74) is 5.39. The minimum atomic E-state index is 0.300. The first-order valence-corrected chi connectivity index (χ1v) is 5.75. The van der Waals surface area contributed by atoms with E-state index < -0.39 is 0 Å². The van der Waals surface area contributed by atoms with Crippen LogP contribution in [0.25, 0.3) is 0 Å². The molecule has 1 heterocycles. The van der Waals surface area contributed by atoms with Crippen LogP contribution in [0.4, 0.5) is 0 Å². The smallest absolute Gasteiger partial charge is 0.222 e. The van der Waals surface area contributed by atoms with Crippen LogP contribution in [-0.2, 0) is 4.79 Å². The second-order valence-electron chi connectivity index (χ2n) is 4.15. The lowest BCUT2D eigenvalue weighted by atomic mass is 9.95. The molecule has 2 N–H and O–H groups in total. The Morgan fingerprint density at radius 2 is 2.36 bits per heavy atom. The van der Waals surface area contributed by atoms with Crippen molar-refractivity contribution in [2.45, 2.75) is 39.0 Å². The molecule has 0 aromatic rings. The first-order chi connectivity index (χ1) is 6.77. The van der Waals surface area contributed by atoms with Crippen LogP contribution < -0.4 is 5.73 Å². The van der Waals surface area contributed by atoms with Crippen molar-refractivity contribution in [3.05, 3.63) is 0 Å². The van der Waals surface area contributed by atoms with Gasteiger partial charge in [-0.2, -0.15) is 0 Å². The second kappa shape index (κ2) is 6.02. The van der Waals surface area contributed by atoms with Crippen molar-refractivity contribution in [2.75, 3.05) is 19.6 Å². The maximum atomic E-state index is 11.7. The molecule has 0 aromatic heterocycles. The fourth-order valence-corrected chi connectivity index (χ4v) is 2.04. The third-order valence-electron chi connectivity index (χ3n) is 3.04. The number of carbonyl (C=O) groups excluding carboxylic acids is 1. The number of carbonyl (C=O) groups is 1. The van der Waals surface area contributed by atoms with Gasteiger partial charge in [0.05, 0.1) is 0 Å². The molecule has 1 unspecified atom stereocenters. The maximum Gasteiger partial charge on any atom is 0.222 e. The van der Waals surface area contributed by atoms with Crippen LogP contribution in [0.3, 0.4) is 0 Å². The van der Waals surface area contributed by atoms with Gasteiger partial charge in [0.2, 0.25) is 5.91 Å². The summed E-state index contributed by atoms with van der Waals surface area (Å²) in [5, 5.41) is 0. The third kappa shape index (κ3) is 3.29. The van der Waals surface area contributed by atoms with E-state index in [9.17, 15) is 4.79 Å². The summed E-state index contributed by atoms with van der Waals surface area (Å²) in [7, 11) is 0. The number of piperidine rings is 1. The highest BCUT2D eigenvalue weighted by molar-refractivity contribution is 5.76. The van der Waals surface area contributed by atoms with Crippen LogP contribution >= 0.6 is 0 Å². The van der Waals surface area contributed by atoms with E-state index >= 15 is 0 Å². The highest BCUT2D eigenvalue weighted by Crippen LogP contribution is 2.19. The zero-order chi connectivity index (χ0) is 10.4. The molecule has 0 bridgehead atoms. The lowest BCUT2D eigenvalue weighted by Crippen LogP contribution is -2.39. The molecule has 82 valence electrons. The fraction of sp³-hybridized carbons (Fsp3) is 0.909. The number of likely N-dealkylation sites (tertiary alicyclic amines) is 1. The molecular weight excluding hydrogens is 176 g/mol. The molecule has 1 aliphatic rings. The number of nitrogens with two attached hydrogens (primary N) is 1. The van der Waals surface area contributed by atoms with Gasteiger partial charge in [0.1, 0.15) is 0 Å². The van der Waals surface area contributed by atoms with Gasteiger partial charge in [-0.25, -0.2) is 0 Å². The summed E-state index contributed by atoms with van der Waals surface area (Å²) in [5.74, 6) is 1.03. The van der Waals surface area contributed by atoms with Gasteiger partial charge in [-0.15, -0.1) is 0 Å². The topological polar surface area (TPSA) is 46.3 Å². The lowest BCUT2D eigenvalue weighted by Gasteiger charge is -2.32. The number of amides is 1. The second-order valence-corrected chi connectivity index (χ2v) is 4.15. The van der Waals surface area contributed by atoms with Crippen molar-refractivity contribution in [3.8, 4) is 0 Å². The predicted octanol–water partition coefficient (Wildman–Crippen LogP) is 1.37. The van der Waals surface area contributed by atoms with Crippen molar-refractivity contribution in [1.82, 2.24) is 4.90 Å². The van der Waals surface area contributed by atoms with Crippen LogP contribution in [0.1, 0.15) is 39.0 Å². The Morgan fingerprint density at radius 3 is 3.00 bits per heavy atom. The molecular formula is C11H22N2O. The summed E-state index contributed by atoms with van der Waals surface area (Å²) in [6, 6.07) is 0. The van der Waals surface area contributed by atoms with Gasteiger partial charge in [-0.05, 0) is 31.7 Å². The third-order valence-corrected chi connectivity index (χ3v) is 3.04. The minimum Gasteiger partial charge on any atom is -0.342 e. The van der Waals surface area contributed by atoms with E-state index in [1.54, 1.807) is 0 Å². The summed E-state index contributed by atoms with van der Waals surface area (Å²) >= 11 is 0. The molecule has 1 rings (SSSR count). The van der Waals surface area contributed by atoms with Crippen LogP contribution in [0.15, 0.2) is 0 Å². The standard InChI is InChI=1S/C11H22N2O/c1-2-10-5-4-8-13(9-10)11(14)6-3-7-12/h10H,2-9,12H2,1H3. The normalized spacial score (nSPS) is 22.4. The van der Waals surface area contributed by atoms with Crippen LogP contribution in [0.2, 0.25) is 0 Å². The van der Waals surface area contributed by atoms with E-state index in [1.807, 2.05) is 4.90 Å². The molecule has 1 fully saturated rings. The van der Waals surface area contributed by atoms with Crippen LogP contribution in [0, 0.1) is 5.92 Å². The molecule has 1 atom stereocenters. The average Bonchev–Trinajstić information content (AvgIpc) is 2.26. The first-order valence-electron chi connectivity index (χ1n) is 5.75. The Kier molecular flexibility index (Phi) is 4.94. The zero-order valence-electron chi connectivity index (χ0n) is 9.17. The molecule has 0 aliphatic carbocycles. The Labute approximate surface area is 86.6 Å². The van der Waals surface area contributed by atoms with Crippen molar-refractivity contribution in [1.29, 1.82) is 0 Å². The van der Waals surface area contributed by atoms with E-state index in [0.717, 1.165) is 25.4 Å². The van der Waals surface area contributed by atoms with Crippen molar-refractivity contribution >= 4 is 5.91 Å².